The largest absolute Gasteiger partial charge is 0.496 e. The van der Waals surface area contributed by atoms with Gasteiger partial charge in [-0.1, -0.05) is 42.5 Å². The lowest BCUT2D eigenvalue weighted by atomic mass is 9.72. The first kappa shape index (κ1) is 22.0. The van der Waals surface area contributed by atoms with Gasteiger partial charge in [-0.3, -0.25) is 4.79 Å². The van der Waals surface area contributed by atoms with Crippen LogP contribution in [0.3, 0.4) is 0 Å². The highest BCUT2D eigenvalue weighted by atomic mass is 32.2. The molecule has 168 valence electrons. The quantitative estimate of drug-likeness (QED) is 0.567. The number of benzene rings is 2. The molecule has 0 spiro atoms. The van der Waals surface area contributed by atoms with Crippen molar-refractivity contribution in [2.24, 2.45) is 0 Å². The summed E-state index contributed by atoms with van der Waals surface area (Å²) in [5.74, 6) is -0.132. The van der Waals surface area contributed by atoms with Crippen molar-refractivity contribution in [2.75, 3.05) is 20.2 Å². The highest BCUT2D eigenvalue weighted by molar-refractivity contribution is 7.90. The van der Waals surface area contributed by atoms with E-state index < -0.39 is 26.7 Å². The van der Waals surface area contributed by atoms with Gasteiger partial charge in [0.15, 0.2) is 5.37 Å². The van der Waals surface area contributed by atoms with Gasteiger partial charge in [0.2, 0.25) is 0 Å². The Bertz CT molecular complexity index is 1160. The SMILES string of the molecule is COc1ccccc1C(=O)NC(C1(c2ccccc2)CCNCC1)S(=O)(=O)n1ccnc1. The van der Waals surface area contributed by atoms with Crippen LogP contribution in [0.2, 0.25) is 0 Å². The van der Waals surface area contributed by atoms with Crippen LogP contribution in [0, 0.1) is 0 Å². The molecule has 1 unspecified atom stereocenters. The third-order valence-corrected chi connectivity index (χ3v) is 8.00. The number of hydrogen-bond acceptors (Lipinski definition) is 6. The summed E-state index contributed by atoms with van der Waals surface area (Å²) < 4.78 is 34.1. The predicted octanol–water partition coefficient (Wildman–Crippen LogP) is 2.15. The first-order chi connectivity index (χ1) is 15.5. The zero-order valence-electron chi connectivity index (χ0n) is 17.8. The van der Waals surface area contributed by atoms with Crippen LogP contribution in [0.1, 0.15) is 28.8 Å². The Kier molecular flexibility index (Phi) is 6.29. The van der Waals surface area contributed by atoms with Gasteiger partial charge in [0.25, 0.3) is 15.9 Å². The lowest BCUT2D eigenvalue weighted by Crippen LogP contribution is -2.59. The zero-order valence-corrected chi connectivity index (χ0v) is 18.6. The number of aromatic nitrogens is 2. The number of piperidine rings is 1. The standard InChI is InChI=1S/C23H26N4O4S/c1-31-20-10-6-5-9-19(20)21(28)26-22(32(29,30)27-16-15-25-17-27)23(11-13-24-14-12-23)18-7-3-2-4-8-18/h2-10,15-17,22,24H,11-14H2,1H3,(H,26,28). The van der Waals surface area contributed by atoms with E-state index in [-0.39, 0.29) is 5.56 Å². The van der Waals surface area contributed by atoms with E-state index in [1.165, 1.54) is 25.8 Å². The molecule has 32 heavy (non-hydrogen) atoms. The van der Waals surface area contributed by atoms with Gasteiger partial charge in [-0.15, -0.1) is 0 Å². The minimum Gasteiger partial charge on any atom is -0.496 e. The molecule has 1 aliphatic heterocycles. The molecule has 1 aromatic heterocycles. The molecular formula is C23H26N4O4S. The number of para-hydroxylation sites is 1. The van der Waals surface area contributed by atoms with E-state index in [9.17, 15) is 13.2 Å². The monoisotopic (exact) mass is 454 g/mol. The van der Waals surface area contributed by atoms with Crippen molar-refractivity contribution in [2.45, 2.75) is 23.6 Å². The van der Waals surface area contributed by atoms with E-state index >= 15 is 0 Å². The Hall–Kier alpha value is -3.17. The molecule has 0 bridgehead atoms. The van der Waals surface area contributed by atoms with Crippen LogP contribution in [0.4, 0.5) is 0 Å². The van der Waals surface area contributed by atoms with E-state index in [1.54, 1.807) is 24.3 Å². The number of ether oxygens (including phenoxy) is 1. The Morgan fingerprint density at radius 2 is 1.81 bits per heavy atom. The average Bonchev–Trinajstić information content (AvgIpc) is 3.39. The van der Waals surface area contributed by atoms with Gasteiger partial charge in [0, 0.05) is 17.8 Å². The van der Waals surface area contributed by atoms with Crippen LogP contribution >= 0.6 is 0 Å². The highest BCUT2D eigenvalue weighted by Gasteiger charge is 2.49. The van der Waals surface area contributed by atoms with Crippen molar-refractivity contribution in [1.29, 1.82) is 0 Å². The number of imidazole rings is 1. The summed E-state index contributed by atoms with van der Waals surface area (Å²) in [6.45, 7) is 1.27. The van der Waals surface area contributed by atoms with Gasteiger partial charge in [0.1, 0.15) is 12.1 Å². The van der Waals surface area contributed by atoms with E-state index in [4.69, 9.17) is 4.74 Å². The van der Waals surface area contributed by atoms with Crippen LogP contribution in [-0.4, -0.2) is 48.9 Å². The number of hydrogen-bond donors (Lipinski definition) is 2. The minimum absolute atomic E-state index is 0.276. The number of methoxy groups -OCH3 is 1. The normalized spacial score (nSPS) is 16.8. The van der Waals surface area contributed by atoms with Crippen molar-refractivity contribution in [3.63, 3.8) is 0 Å². The number of nitrogens with one attached hydrogen (secondary N) is 2. The minimum atomic E-state index is -4.03. The molecule has 8 nitrogen and oxygen atoms in total. The van der Waals surface area contributed by atoms with Crippen molar-refractivity contribution < 1.29 is 17.9 Å². The number of carbonyl (C=O) groups is 1. The third-order valence-electron chi connectivity index (χ3n) is 6.03. The Morgan fingerprint density at radius 1 is 1.12 bits per heavy atom. The fraction of sp³-hybridized carbons (Fsp3) is 0.304. The summed E-state index contributed by atoms with van der Waals surface area (Å²) in [5, 5.41) is 4.95. The fourth-order valence-electron chi connectivity index (χ4n) is 4.39. The number of carbonyl (C=O) groups excluding carboxylic acids is 1. The molecule has 2 aromatic carbocycles. The molecule has 4 rings (SSSR count). The van der Waals surface area contributed by atoms with E-state index in [0.29, 0.717) is 31.7 Å². The summed E-state index contributed by atoms with van der Waals surface area (Å²) in [6.07, 6.45) is 5.13. The highest BCUT2D eigenvalue weighted by Crippen LogP contribution is 2.40. The molecule has 3 aromatic rings. The molecule has 0 saturated carbocycles. The summed E-state index contributed by atoms with van der Waals surface area (Å²) in [4.78, 5) is 17.3. The second-order valence-corrected chi connectivity index (χ2v) is 9.69. The van der Waals surface area contributed by atoms with Gasteiger partial charge < -0.3 is 15.4 Å². The Labute approximate surface area is 187 Å². The van der Waals surface area contributed by atoms with Crippen LogP contribution in [0.5, 0.6) is 5.75 Å². The molecular weight excluding hydrogens is 428 g/mol. The summed E-state index contributed by atoms with van der Waals surface area (Å²) in [5.41, 5.74) is 0.321. The number of nitrogens with zero attached hydrogens (tertiary/aromatic N) is 2. The molecule has 2 heterocycles. The average molecular weight is 455 g/mol. The van der Waals surface area contributed by atoms with Crippen molar-refractivity contribution >= 4 is 15.9 Å². The molecule has 1 amide bonds. The van der Waals surface area contributed by atoms with Crippen LogP contribution in [-0.2, 0) is 15.4 Å². The second kappa shape index (κ2) is 9.13. The maximum Gasteiger partial charge on any atom is 0.261 e. The maximum atomic E-state index is 13.8. The van der Waals surface area contributed by atoms with Crippen LogP contribution < -0.4 is 15.4 Å². The summed E-state index contributed by atoms with van der Waals surface area (Å²) in [6, 6.07) is 16.3. The molecule has 2 N–H and O–H groups in total. The third kappa shape index (κ3) is 4.01. The summed E-state index contributed by atoms with van der Waals surface area (Å²) >= 11 is 0. The van der Waals surface area contributed by atoms with Gasteiger partial charge in [-0.2, -0.15) is 0 Å². The van der Waals surface area contributed by atoms with Crippen molar-refractivity contribution in [1.82, 2.24) is 19.6 Å². The smallest absolute Gasteiger partial charge is 0.261 e. The first-order valence-electron chi connectivity index (χ1n) is 10.4. The second-order valence-electron chi connectivity index (χ2n) is 7.76. The molecule has 1 atom stereocenters. The maximum absolute atomic E-state index is 13.8. The van der Waals surface area contributed by atoms with Crippen LogP contribution in [0.15, 0.2) is 73.3 Å². The molecule has 9 heteroatoms. The number of rotatable bonds is 7. The summed E-state index contributed by atoms with van der Waals surface area (Å²) in [7, 11) is -2.56. The molecule has 1 saturated heterocycles. The Balaban J connectivity index is 1.85. The topological polar surface area (TPSA) is 102 Å². The van der Waals surface area contributed by atoms with Gasteiger partial charge in [-0.25, -0.2) is 17.4 Å². The molecule has 1 fully saturated rings. The van der Waals surface area contributed by atoms with E-state index in [0.717, 1.165) is 9.54 Å². The van der Waals surface area contributed by atoms with Crippen molar-refractivity contribution in [3.05, 3.63) is 84.4 Å². The lowest BCUT2D eigenvalue weighted by molar-refractivity contribution is 0.0922. The number of amides is 1. The first-order valence-corrected chi connectivity index (χ1v) is 11.9. The van der Waals surface area contributed by atoms with Crippen molar-refractivity contribution in [3.8, 4) is 5.75 Å². The molecule has 0 radical (unpaired) electrons. The van der Waals surface area contributed by atoms with Gasteiger partial charge in [0.05, 0.1) is 12.7 Å². The molecule has 0 aliphatic carbocycles. The fourth-order valence-corrected chi connectivity index (χ4v) is 6.24. The molecule has 1 aliphatic rings. The van der Waals surface area contributed by atoms with E-state index in [1.807, 2.05) is 30.3 Å². The lowest BCUT2D eigenvalue weighted by Gasteiger charge is -2.43. The predicted molar refractivity (Wildman–Crippen MR) is 121 cm³/mol. The van der Waals surface area contributed by atoms with Gasteiger partial charge >= 0.3 is 0 Å². The zero-order chi connectivity index (χ0) is 22.6. The van der Waals surface area contributed by atoms with Gasteiger partial charge in [-0.05, 0) is 43.6 Å². The van der Waals surface area contributed by atoms with E-state index in [2.05, 4.69) is 15.6 Å². The van der Waals surface area contributed by atoms with Crippen LogP contribution in [0.25, 0.3) is 0 Å². The Morgan fingerprint density at radius 3 is 2.47 bits per heavy atom.